The fourth-order valence-corrected chi connectivity index (χ4v) is 4.14. The number of nitrogens with zero attached hydrogens (tertiary/aromatic N) is 2. The second-order valence-electron chi connectivity index (χ2n) is 7.51. The summed E-state index contributed by atoms with van der Waals surface area (Å²) in [6, 6.07) is 19.6. The fraction of sp³-hybridized carbons (Fsp3) is 0.364. The van der Waals surface area contributed by atoms with Crippen molar-refractivity contribution in [2.75, 3.05) is 31.5 Å². The first kappa shape index (κ1) is 17.6. The number of anilines is 1. The van der Waals surface area contributed by atoms with Gasteiger partial charge in [-0.1, -0.05) is 48.5 Å². The molecule has 2 aromatic carbocycles. The number of hydrogen-bond acceptors (Lipinski definition) is 2. The largest absolute Gasteiger partial charge is 0.342 e. The Morgan fingerprint density at radius 1 is 0.815 bits per heavy atom. The van der Waals surface area contributed by atoms with Crippen LogP contribution in [0.3, 0.4) is 0 Å². The van der Waals surface area contributed by atoms with Gasteiger partial charge in [-0.2, -0.15) is 0 Å². The minimum absolute atomic E-state index is 0.0439. The molecule has 3 amide bonds. The predicted octanol–water partition coefficient (Wildman–Crippen LogP) is 3.24. The summed E-state index contributed by atoms with van der Waals surface area (Å²) in [6.07, 6.45) is 1.35. The second-order valence-corrected chi connectivity index (χ2v) is 7.51. The molecule has 2 heterocycles. The third-order valence-corrected chi connectivity index (χ3v) is 5.62. The number of urea groups is 1. The standard InChI is InChI=1S/C22H25N3O2/c26-21(12-11-17-7-3-1-4-8-17)24-13-18-15-25(16-19(18)14-24)22(27)23-20-9-5-2-6-10-20/h1-10,18-19H,11-16H2,(H,23,27)/t18-,19-/m1/s1. The molecule has 0 bridgehead atoms. The summed E-state index contributed by atoms with van der Waals surface area (Å²) in [5.74, 6) is 1.02. The monoisotopic (exact) mass is 363 g/mol. The van der Waals surface area contributed by atoms with Crippen molar-refractivity contribution in [1.82, 2.24) is 9.80 Å². The Kier molecular flexibility index (Phi) is 5.10. The number of carbonyl (C=O) groups excluding carboxylic acids is 2. The molecule has 2 saturated heterocycles. The molecule has 0 aliphatic carbocycles. The normalized spacial score (nSPS) is 21.2. The van der Waals surface area contributed by atoms with Crippen LogP contribution in [0.1, 0.15) is 12.0 Å². The Morgan fingerprint density at radius 3 is 2.00 bits per heavy atom. The number of likely N-dealkylation sites (tertiary alicyclic amines) is 2. The molecule has 1 N–H and O–H groups in total. The van der Waals surface area contributed by atoms with Gasteiger partial charge in [-0.3, -0.25) is 4.79 Å². The summed E-state index contributed by atoms with van der Waals surface area (Å²) in [5.41, 5.74) is 2.02. The molecule has 0 aromatic heterocycles. The highest BCUT2D eigenvalue weighted by molar-refractivity contribution is 5.89. The zero-order valence-corrected chi connectivity index (χ0v) is 15.4. The quantitative estimate of drug-likeness (QED) is 0.907. The zero-order valence-electron chi connectivity index (χ0n) is 15.4. The lowest BCUT2D eigenvalue weighted by atomic mass is 10.0. The molecule has 0 unspecified atom stereocenters. The van der Waals surface area contributed by atoms with Gasteiger partial charge in [-0.25, -0.2) is 4.79 Å². The van der Waals surface area contributed by atoms with Crippen LogP contribution in [-0.2, 0) is 11.2 Å². The molecule has 5 heteroatoms. The number of benzene rings is 2. The smallest absolute Gasteiger partial charge is 0.321 e. The lowest BCUT2D eigenvalue weighted by Gasteiger charge is -2.22. The Balaban J connectivity index is 1.25. The molecule has 2 aliphatic rings. The molecule has 140 valence electrons. The van der Waals surface area contributed by atoms with Gasteiger partial charge < -0.3 is 15.1 Å². The van der Waals surface area contributed by atoms with Crippen molar-refractivity contribution in [2.24, 2.45) is 11.8 Å². The van der Waals surface area contributed by atoms with E-state index in [0.29, 0.717) is 18.3 Å². The van der Waals surface area contributed by atoms with E-state index >= 15 is 0 Å². The van der Waals surface area contributed by atoms with Crippen LogP contribution in [0, 0.1) is 11.8 Å². The topological polar surface area (TPSA) is 52.7 Å². The molecule has 0 saturated carbocycles. The highest BCUT2D eigenvalue weighted by atomic mass is 16.2. The molecule has 2 fully saturated rings. The minimum Gasteiger partial charge on any atom is -0.342 e. The summed E-state index contributed by atoms with van der Waals surface area (Å²) in [4.78, 5) is 28.9. The first-order valence-electron chi connectivity index (χ1n) is 9.62. The van der Waals surface area contributed by atoms with E-state index in [-0.39, 0.29) is 11.9 Å². The fourth-order valence-electron chi connectivity index (χ4n) is 4.14. The van der Waals surface area contributed by atoms with Crippen LogP contribution in [0.2, 0.25) is 0 Å². The average molecular weight is 363 g/mol. The van der Waals surface area contributed by atoms with Crippen molar-refractivity contribution < 1.29 is 9.59 Å². The van der Waals surface area contributed by atoms with E-state index < -0.39 is 0 Å². The van der Waals surface area contributed by atoms with Crippen molar-refractivity contribution in [3.63, 3.8) is 0 Å². The SMILES string of the molecule is O=C(CCc1ccccc1)N1C[C@@H]2CN(C(=O)Nc3ccccc3)C[C@H]2C1. The number of rotatable bonds is 4. The molecule has 0 radical (unpaired) electrons. The second kappa shape index (κ2) is 7.82. The van der Waals surface area contributed by atoms with E-state index in [0.717, 1.165) is 38.3 Å². The highest BCUT2D eigenvalue weighted by Crippen LogP contribution is 2.31. The van der Waals surface area contributed by atoms with E-state index in [9.17, 15) is 9.59 Å². The molecule has 27 heavy (non-hydrogen) atoms. The number of carbonyl (C=O) groups is 2. The van der Waals surface area contributed by atoms with Crippen molar-refractivity contribution >= 4 is 17.6 Å². The molecule has 0 spiro atoms. The number of para-hydroxylation sites is 1. The highest BCUT2D eigenvalue weighted by Gasteiger charge is 2.42. The zero-order chi connectivity index (χ0) is 18.6. The van der Waals surface area contributed by atoms with Gasteiger partial charge in [0.1, 0.15) is 0 Å². The average Bonchev–Trinajstić information content (AvgIpc) is 3.27. The van der Waals surface area contributed by atoms with Crippen LogP contribution >= 0.6 is 0 Å². The van der Waals surface area contributed by atoms with Crippen LogP contribution in [-0.4, -0.2) is 47.9 Å². The van der Waals surface area contributed by atoms with Gasteiger partial charge in [0.05, 0.1) is 0 Å². The van der Waals surface area contributed by atoms with Gasteiger partial charge >= 0.3 is 6.03 Å². The first-order valence-corrected chi connectivity index (χ1v) is 9.62. The minimum atomic E-state index is -0.0439. The lowest BCUT2D eigenvalue weighted by Crippen LogP contribution is -2.37. The number of nitrogens with one attached hydrogen (secondary N) is 1. The van der Waals surface area contributed by atoms with Gasteiger partial charge in [0.25, 0.3) is 0 Å². The Hall–Kier alpha value is -2.82. The number of hydrogen-bond donors (Lipinski definition) is 1. The molecular weight excluding hydrogens is 338 g/mol. The summed E-state index contributed by atoms with van der Waals surface area (Å²) >= 11 is 0. The van der Waals surface area contributed by atoms with Gasteiger partial charge in [-0.05, 0) is 24.1 Å². The first-order chi connectivity index (χ1) is 13.2. The van der Waals surface area contributed by atoms with Crippen LogP contribution in [0.15, 0.2) is 60.7 Å². The summed E-state index contributed by atoms with van der Waals surface area (Å²) in [5, 5.41) is 2.95. The van der Waals surface area contributed by atoms with E-state index in [1.54, 1.807) is 0 Å². The van der Waals surface area contributed by atoms with Gasteiger partial charge in [0.2, 0.25) is 5.91 Å². The van der Waals surface area contributed by atoms with Gasteiger partial charge in [-0.15, -0.1) is 0 Å². The molecule has 2 aromatic rings. The van der Waals surface area contributed by atoms with E-state index in [4.69, 9.17) is 0 Å². The summed E-state index contributed by atoms with van der Waals surface area (Å²) in [7, 11) is 0. The predicted molar refractivity (Wildman–Crippen MR) is 105 cm³/mol. The van der Waals surface area contributed by atoms with E-state index in [2.05, 4.69) is 17.4 Å². The molecule has 2 aliphatic heterocycles. The van der Waals surface area contributed by atoms with Crippen molar-refractivity contribution in [1.29, 1.82) is 0 Å². The van der Waals surface area contributed by atoms with Crippen LogP contribution in [0.4, 0.5) is 10.5 Å². The summed E-state index contributed by atoms with van der Waals surface area (Å²) < 4.78 is 0. The number of fused-ring (bicyclic) bond motifs is 1. The van der Waals surface area contributed by atoms with E-state index in [1.807, 2.05) is 58.3 Å². The maximum Gasteiger partial charge on any atom is 0.321 e. The third kappa shape index (κ3) is 4.13. The number of amides is 3. The third-order valence-electron chi connectivity index (χ3n) is 5.62. The maximum atomic E-state index is 12.5. The maximum absolute atomic E-state index is 12.5. The van der Waals surface area contributed by atoms with Gasteiger partial charge in [0.15, 0.2) is 0 Å². The number of aryl methyl sites for hydroxylation is 1. The van der Waals surface area contributed by atoms with Crippen molar-refractivity contribution in [3.8, 4) is 0 Å². The Labute approximate surface area is 160 Å². The van der Waals surface area contributed by atoms with E-state index in [1.165, 1.54) is 5.56 Å². The lowest BCUT2D eigenvalue weighted by molar-refractivity contribution is -0.130. The Morgan fingerprint density at radius 2 is 1.37 bits per heavy atom. The van der Waals surface area contributed by atoms with Crippen molar-refractivity contribution in [2.45, 2.75) is 12.8 Å². The molecule has 4 rings (SSSR count). The van der Waals surface area contributed by atoms with Crippen LogP contribution < -0.4 is 5.32 Å². The molecule has 5 nitrogen and oxygen atoms in total. The van der Waals surface area contributed by atoms with Crippen LogP contribution in [0.5, 0.6) is 0 Å². The van der Waals surface area contributed by atoms with Gasteiger partial charge in [0, 0.05) is 50.1 Å². The van der Waals surface area contributed by atoms with Crippen LogP contribution in [0.25, 0.3) is 0 Å². The molecule has 2 atom stereocenters. The molecular formula is C22H25N3O2. The van der Waals surface area contributed by atoms with Crippen molar-refractivity contribution in [3.05, 3.63) is 66.2 Å². The summed E-state index contributed by atoms with van der Waals surface area (Å²) in [6.45, 7) is 3.00. The Bertz CT molecular complexity index is 780.